The molecule has 2 aromatic rings. The first kappa shape index (κ1) is 15.8. The highest BCUT2D eigenvalue weighted by Crippen LogP contribution is 2.17. The maximum atomic E-state index is 5.90. The minimum atomic E-state index is 0.859. The minimum absolute atomic E-state index is 0.859. The van der Waals surface area contributed by atoms with Crippen molar-refractivity contribution >= 4 is 0 Å². The van der Waals surface area contributed by atoms with Crippen LogP contribution in [-0.2, 0) is 19.6 Å². The monoisotopic (exact) mass is 286 g/mol. The molecule has 114 valence electrons. The Kier molecular flexibility index (Phi) is 6.03. The molecule has 1 aromatic carbocycles. The molecule has 1 aromatic heterocycles. The standard InChI is InChI=1S/C18H26N2O/c1-4-19-12-17-11-18(21-15(17)3)14-20(5-2)13-16-9-7-6-8-10-16/h6-11,19H,4-5,12-14H2,1-3H3. The number of rotatable bonds is 8. The molecular weight excluding hydrogens is 260 g/mol. The molecule has 1 N–H and O–H groups in total. The third kappa shape index (κ3) is 4.73. The zero-order chi connectivity index (χ0) is 15.1. The lowest BCUT2D eigenvalue weighted by Gasteiger charge is -2.19. The zero-order valence-corrected chi connectivity index (χ0v) is 13.4. The molecule has 0 aliphatic rings. The van der Waals surface area contributed by atoms with Crippen molar-refractivity contribution in [1.82, 2.24) is 10.2 Å². The van der Waals surface area contributed by atoms with Gasteiger partial charge in [0.15, 0.2) is 0 Å². The van der Waals surface area contributed by atoms with Crippen LogP contribution in [0.1, 0.15) is 36.5 Å². The van der Waals surface area contributed by atoms with E-state index >= 15 is 0 Å². The third-order valence-corrected chi connectivity index (χ3v) is 3.71. The Labute approximate surface area is 128 Å². The van der Waals surface area contributed by atoms with E-state index in [0.717, 1.165) is 44.2 Å². The summed E-state index contributed by atoms with van der Waals surface area (Å²) in [6.45, 7) is 11.1. The summed E-state index contributed by atoms with van der Waals surface area (Å²) in [5.74, 6) is 2.08. The first-order chi connectivity index (χ1) is 10.2. The fraction of sp³-hybridized carbons (Fsp3) is 0.444. The fourth-order valence-electron chi connectivity index (χ4n) is 2.44. The highest BCUT2D eigenvalue weighted by atomic mass is 16.3. The van der Waals surface area contributed by atoms with Gasteiger partial charge in [0.2, 0.25) is 0 Å². The molecule has 3 heteroatoms. The van der Waals surface area contributed by atoms with Gasteiger partial charge >= 0.3 is 0 Å². The van der Waals surface area contributed by atoms with Crippen LogP contribution < -0.4 is 5.32 Å². The van der Waals surface area contributed by atoms with E-state index in [9.17, 15) is 0 Å². The van der Waals surface area contributed by atoms with E-state index in [1.807, 2.05) is 6.92 Å². The maximum Gasteiger partial charge on any atom is 0.118 e. The SMILES string of the molecule is CCNCc1cc(CN(CC)Cc2ccccc2)oc1C. The van der Waals surface area contributed by atoms with Gasteiger partial charge in [-0.05, 0) is 31.6 Å². The largest absolute Gasteiger partial charge is 0.465 e. The molecule has 0 amide bonds. The third-order valence-electron chi connectivity index (χ3n) is 3.71. The van der Waals surface area contributed by atoms with Crippen molar-refractivity contribution in [1.29, 1.82) is 0 Å². The van der Waals surface area contributed by atoms with Gasteiger partial charge in [0, 0.05) is 18.7 Å². The topological polar surface area (TPSA) is 28.4 Å². The van der Waals surface area contributed by atoms with E-state index in [0.29, 0.717) is 0 Å². The Morgan fingerprint density at radius 2 is 1.86 bits per heavy atom. The Morgan fingerprint density at radius 3 is 2.52 bits per heavy atom. The lowest BCUT2D eigenvalue weighted by molar-refractivity contribution is 0.246. The molecule has 0 saturated carbocycles. The summed E-state index contributed by atoms with van der Waals surface area (Å²) < 4.78 is 5.90. The second-order valence-corrected chi connectivity index (χ2v) is 5.36. The first-order valence-electron chi connectivity index (χ1n) is 7.78. The normalized spacial score (nSPS) is 11.2. The summed E-state index contributed by atoms with van der Waals surface area (Å²) in [4.78, 5) is 2.39. The van der Waals surface area contributed by atoms with E-state index in [2.05, 4.69) is 60.5 Å². The highest BCUT2D eigenvalue weighted by molar-refractivity contribution is 5.21. The summed E-state index contributed by atoms with van der Waals surface area (Å²) in [6, 6.07) is 12.8. The maximum absolute atomic E-state index is 5.90. The molecule has 3 nitrogen and oxygen atoms in total. The van der Waals surface area contributed by atoms with E-state index in [1.165, 1.54) is 11.1 Å². The Hall–Kier alpha value is -1.58. The van der Waals surface area contributed by atoms with E-state index in [4.69, 9.17) is 4.42 Å². The molecule has 0 aliphatic carbocycles. The molecule has 0 radical (unpaired) electrons. The zero-order valence-electron chi connectivity index (χ0n) is 13.4. The van der Waals surface area contributed by atoms with Crippen LogP contribution in [-0.4, -0.2) is 18.0 Å². The van der Waals surface area contributed by atoms with Crippen molar-refractivity contribution < 1.29 is 4.42 Å². The second-order valence-electron chi connectivity index (χ2n) is 5.36. The summed E-state index contributed by atoms with van der Waals surface area (Å²) in [6.07, 6.45) is 0. The molecular formula is C18H26N2O. The van der Waals surface area contributed by atoms with Crippen LogP contribution in [0.25, 0.3) is 0 Å². The molecule has 0 aliphatic heterocycles. The van der Waals surface area contributed by atoms with Crippen LogP contribution in [0.3, 0.4) is 0 Å². The van der Waals surface area contributed by atoms with Gasteiger partial charge in [0.1, 0.15) is 11.5 Å². The molecule has 0 unspecified atom stereocenters. The van der Waals surface area contributed by atoms with Crippen molar-refractivity contribution in [3.05, 3.63) is 59.0 Å². The molecule has 2 rings (SSSR count). The molecule has 0 saturated heterocycles. The van der Waals surface area contributed by atoms with Crippen molar-refractivity contribution in [2.45, 2.75) is 40.4 Å². The number of hydrogen-bond acceptors (Lipinski definition) is 3. The summed E-state index contributed by atoms with van der Waals surface area (Å²) in [5, 5.41) is 3.35. The molecule has 0 fully saturated rings. The number of furan rings is 1. The number of aryl methyl sites for hydroxylation is 1. The van der Waals surface area contributed by atoms with E-state index < -0.39 is 0 Å². The van der Waals surface area contributed by atoms with Crippen LogP contribution in [0.15, 0.2) is 40.8 Å². The van der Waals surface area contributed by atoms with Crippen molar-refractivity contribution in [3.63, 3.8) is 0 Å². The van der Waals surface area contributed by atoms with Gasteiger partial charge < -0.3 is 9.73 Å². The van der Waals surface area contributed by atoms with Gasteiger partial charge in [-0.3, -0.25) is 4.90 Å². The Morgan fingerprint density at radius 1 is 1.10 bits per heavy atom. The van der Waals surface area contributed by atoms with Gasteiger partial charge in [0.05, 0.1) is 6.54 Å². The highest BCUT2D eigenvalue weighted by Gasteiger charge is 2.11. The van der Waals surface area contributed by atoms with Crippen LogP contribution in [0, 0.1) is 6.92 Å². The fourth-order valence-corrected chi connectivity index (χ4v) is 2.44. The Bertz CT molecular complexity index is 533. The van der Waals surface area contributed by atoms with Gasteiger partial charge in [-0.25, -0.2) is 0 Å². The molecule has 21 heavy (non-hydrogen) atoms. The number of benzene rings is 1. The predicted molar refractivity (Wildman–Crippen MR) is 87.1 cm³/mol. The minimum Gasteiger partial charge on any atom is -0.465 e. The first-order valence-corrected chi connectivity index (χ1v) is 7.78. The number of nitrogens with zero attached hydrogens (tertiary/aromatic N) is 1. The van der Waals surface area contributed by atoms with Crippen LogP contribution >= 0.6 is 0 Å². The van der Waals surface area contributed by atoms with Gasteiger partial charge in [-0.1, -0.05) is 44.2 Å². The van der Waals surface area contributed by atoms with Crippen LogP contribution in [0.5, 0.6) is 0 Å². The van der Waals surface area contributed by atoms with Crippen molar-refractivity contribution in [2.75, 3.05) is 13.1 Å². The molecule has 0 bridgehead atoms. The molecule has 0 atom stereocenters. The lowest BCUT2D eigenvalue weighted by atomic mass is 10.2. The summed E-state index contributed by atoms with van der Waals surface area (Å²) in [7, 11) is 0. The molecule has 0 spiro atoms. The van der Waals surface area contributed by atoms with Gasteiger partial charge in [-0.15, -0.1) is 0 Å². The average molecular weight is 286 g/mol. The van der Waals surface area contributed by atoms with Gasteiger partial charge in [-0.2, -0.15) is 0 Å². The smallest absolute Gasteiger partial charge is 0.118 e. The molecule has 1 heterocycles. The van der Waals surface area contributed by atoms with Crippen LogP contribution in [0.4, 0.5) is 0 Å². The van der Waals surface area contributed by atoms with Crippen molar-refractivity contribution in [3.8, 4) is 0 Å². The van der Waals surface area contributed by atoms with E-state index in [-0.39, 0.29) is 0 Å². The van der Waals surface area contributed by atoms with Crippen LogP contribution in [0.2, 0.25) is 0 Å². The summed E-state index contributed by atoms with van der Waals surface area (Å²) in [5.41, 5.74) is 2.61. The van der Waals surface area contributed by atoms with Crippen molar-refractivity contribution in [2.24, 2.45) is 0 Å². The number of nitrogens with one attached hydrogen (secondary N) is 1. The van der Waals surface area contributed by atoms with Gasteiger partial charge in [0.25, 0.3) is 0 Å². The second kappa shape index (κ2) is 8.01. The van der Waals surface area contributed by atoms with E-state index in [1.54, 1.807) is 0 Å². The quantitative estimate of drug-likeness (QED) is 0.801. The summed E-state index contributed by atoms with van der Waals surface area (Å²) >= 11 is 0. The Balaban J connectivity index is 1.98. The number of hydrogen-bond donors (Lipinski definition) is 1. The predicted octanol–water partition coefficient (Wildman–Crippen LogP) is 3.72. The lowest BCUT2D eigenvalue weighted by Crippen LogP contribution is -2.22. The average Bonchev–Trinajstić information content (AvgIpc) is 2.85.